The summed E-state index contributed by atoms with van der Waals surface area (Å²) in [6.07, 6.45) is 2.39. The maximum Gasteiger partial charge on any atom is 0.251 e. The minimum atomic E-state index is -3.60. The maximum absolute atomic E-state index is 12.9. The van der Waals surface area contributed by atoms with Crippen molar-refractivity contribution in [2.75, 3.05) is 32.7 Å². The summed E-state index contributed by atoms with van der Waals surface area (Å²) < 4.78 is 27.2. The molecule has 1 aromatic carbocycles. The topological polar surface area (TPSA) is 69.7 Å². The van der Waals surface area contributed by atoms with Crippen LogP contribution in [0, 0.1) is 12.8 Å². The fraction of sp³-hybridized carbons (Fsp3) is 0.667. The van der Waals surface area contributed by atoms with Gasteiger partial charge in [-0.25, -0.2) is 8.42 Å². The lowest BCUT2D eigenvalue weighted by Crippen LogP contribution is -2.45. The van der Waals surface area contributed by atoms with Gasteiger partial charge in [-0.15, -0.1) is 0 Å². The zero-order chi connectivity index (χ0) is 20.9. The predicted molar refractivity (Wildman–Crippen MR) is 113 cm³/mol. The van der Waals surface area contributed by atoms with E-state index in [2.05, 4.69) is 24.1 Å². The lowest BCUT2D eigenvalue weighted by molar-refractivity contribution is 0.0921. The highest BCUT2D eigenvalue weighted by atomic mass is 32.2. The number of rotatable bonds is 8. The van der Waals surface area contributed by atoms with E-state index in [1.54, 1.807) is 19.1 Å². The number of hydrogen-bond donors (Lipinski definition) is 1. The third kappa shape index (κ3) is 5.33. The van der Waals surface area contributed by atoms with E-state index in [-0.39, 0.29) is 16.8 Å². The molecule has 1 heterocycles. The predicted octanol–water partition coefficient (Wildman–Crippen LogP) is 2.88. The maximum atomic E-state index is 12.9. The van der Waals surface area contributed by atoms with E-state index in [0.29, 0.717) is 30.8 Å². The third-order valence-corrected chi connectivity index (χ3v) is 7.97. The number of hydrogen-bond acceptors (Lipinski definition) is 4. The lowest BCUT2D eigenvalue weighted by Gasteiger charge is -2.35. The summed E-state index contributed by atoms with van der Waals surface area (Å²) in [4.78, 5) is 15.3. The molecule has 1 fully saturated rings. The molecule has 1 aliphatic heterocycles. The Hall–Kier alpha value is -1.44. The Balaban J connectivity index is 2.08. The van der Waals surface area contributed by atoms with Crippen molar-refractivity contribution in [2.24, 2.45) is 5.92 Å². The highest BCUT2D eigenvalue weighted by Crippen LogP contribution is 2.22. The molecular formula is C21H35N3O3S. The summed E-state index contributed by atoms with van der Waals surface area (Å²) in [5.74, 6) is 0.546. The number of carbonyl (C=O) groups excluding carboxylic acids is 1. The van der Waals surface area contributed by atoms with Gasteiger partial charge in [-0.3, -0.25) is 9.69 Å². The molecule has 6 nitrogen and oxygen atoms in total. The van der Waals surface area contributed by atoms with Crippen LogP contribution in [0.2, 0.25) is 0 Å². The van der Waals surface area contributed by atoms with E-state index < -0.39 is 10.0 Å². The van der Waals surface area contributed by atoms with Crippen molar-refractivity contribution >= 4 is 15.9 Å². The van der Waals surface area contributed by atoms with Gasteiger partial charge in [0, 0.05) is 31.2 Å². The molecule has 0 saturated carbocycles. The summed E-state index contributed by atoms with van der Waals surface area (Å²) in [6, 6.07) is 5.17. The Kier molecular flexibility index (Phi) is 8.04. The minimum Gasteiger partial charge on any atom is -0.350 e. The molecule has 1 amide bonds. The number of piperidine rings is 1. The molecule has 7 heteroatoms. The largest absolute Gasteiger partial charge is 0.350 e. The number of sulfonamides is 1. The van der Waals surface area contributed by atoms with Crippen LogP contribution >= 0.6 is 0 Å². The van der Waals surface area contributed by atoms with Gasteiger partial charge >= 0.3 is 0 Å². The van der Waals surface area contributed by atoms with Gasteiger partial charge in [0.05, 0.1) is 4.90 Å². The zero-order valence-electron chi connectivity index (χ0n) is 17.9. The van der Waals surface area contributed by atoms with Gasteiger partial charge in [0.25, 0.3) is 5.91 Å². The van der Waals surface area contributed by atoms with E-state index in [4.69, 9.17) is 0 Å². The van der Waals surface area contributed by atoms with Crippen molar-refractivity contribution in [3.8, 4) is 0 Å². The molecule has 0 radical (unpaired) electrons. The first kappa shape index (κ1) is 22.8. The fourth-order valence-corrected chi connectivity index (χ4v) is 5.37. The van der Waals surface area contributed by atoms with Crippen molar-refractivity contribution in [3.05, 3.63) is 29.3 Å². The Labute approximate surface area is 170 Å². The SMILES string of the molecule is CCN(CC)S(=O)(=O)c1cc(C(=O)NCC(C)N2CCC(C)CC2)ccc1C. The van der Waals surface area contributed by atoms with Crippen LogP contribution in [0.3, 0.4) is 0 Å². The molecule has 2 rings (SSSR count). The molecule has 158 valence electrons. The summed E-state index contributed by atoms with van der Waals surface area (Å²) in [6.45, 7) is 13.3. The van der Waals surface area contributed by atoms with Crippen LogP contribution in [-0.4, -0.2) is 62.3 Å². The molecule has 0 aliphatic carbocycles. The monoisotopic (exact) mass is 409 g/mol. The molecule has 1 atom stereocenters. The van der Waals surface area contributed by atoms with E-state index >= 15 is 0 Å². The van der Waals surface area contributed by atoms with E-state index in [0.717, 1.165) is 19.0 Å². The lowest BCUT2D eigenvalue weighted by atomic mass is 9.98. The average molecular weight is 410 g/mol. The summed E-state index contributed by atoms with van der Waals surface area (Å²) in [7, 11) is -3.60. The molecule has 1 saturated heterocycles. The smallest absolute Gasteiger partial charge is 0.251 e. The van der Waals surface area contributed by atoms with Crippen LogP contribution in [0.5, 0.6) is 0 Å². The van der Waals surface area contributed by atoms with Crippen LogP contribution < -0.4 is 5.32 Å². The number of likely N-dealkylation sites (tertiary alicyclic amines) is 1. The number of nitrogens with one attached hydrogen (secondary N) is 1. The van der Waals surface area contributed by atoms with Gasteiger partial charge < -0.3 is 5.32 Å². The van der Waals surface area contributed by atoms with Crippen molar-refractivity contribution < 1.29 is 13.2 Å². The van der Waals surface area contributed by atoms with Crippen LogP contribution in [0.4, 0.5) is 0 Å². The van der Waals surface area contributed by atoms with Crippen molar-refractivity contribution in [3.63, 3.8) is 0 Å². The van der Waals surface area contributed by atoms with Gasteiger partial charge in [0.2, 0.25) is 10.0 Å². The molecule has 0 spiro atoms. The minimum absolute atomic E-state index is 0.210. The van der Waals surface area contributed by atoms with E-state index in [1.807, 2.05) is 13.8 Å². The van der Waals surface area contributed by atoms with Crippen molar-refractivity contribution in [1.82, 2.24) is 14.5 Å². The Morgan fingerprint density at radius 2 is 1.86 bits per heavy atom. The number of nitrogens with zero attached hydrogens (tertiary/aromatic N) is 2. The van der Waals surface area contributed by atoms with Crippen molar-refractivity contribution in [2.45, 2.75) is 58.4 Å². The van der Waals surface area contributed by atoms with Gasteiger partial charge in [-0.1, -0.05) is 26.8 Å². The van der Waals surface area contributed by atoms with E-state index in [9.17, 15) is 13.2 Å². The van der Waals surface area contributed by atoms with Crippen LogP contribution in [0.15, 0.2) is 23.1 Å². The van der Waals surface area contributed by atoms with Gasteiger partial charge in [-0.2, -0.15) is 4.31 Å². The molecule has 1 aromatic rings. The first-order chi connectivity index (χ1) is 13.2. The second-order valence-corrected chi connectivity index (χ2v) is 9.75. The quantitative estimate of drug-likeness (QED) is 0.717. The standard InChI is InChI=1S/C21H35N3O3S/c1-6-24(7-2)28(26,27)20-14-19(9-8-17(20)4)21(25)22-15-18(5)23-12-10-16(3)11-13-23/h8-9,14,16,18H,6-7,10-13,15H2,1-5H3,(H,22,25). The number of amides is 1. The molecule has 0 aromatic heterocycles. The van der Waals surface area contributed by atoms with Crippen molar-refractivity contribution in [1.29, 1.82) is 0 Å². The Morgan fingerprint density at radius 1 is 1.25 bits per heavy atom. The van der Waals surface area contributed by atoms with Gasteiger partial charge in [0.1, 0.15) is 0 Å². The fourth-order valence-electron chi connectivity index (χ4n) is 3.66. The third-order valence-electron chi connectivity index (χ3n) is 5.77. The van der Waals surface area contributed by atoms with Crippen LogP contribution in [0.1, 0.15) is 56.5 Å². The normalized spacial score (nSPS) is 17.6. The Bertz CT molecular complexity index is 767. The molecule has 1 unspecified atom stereocenters. The molecule has 1 aliphatic rings. The number of carbonyl (C=O) groups is 1. The zero-order valence-corrected chi connectivity index (χ0v) is 18.7. The molecular weight excluding hydrogens is 374 g/mol. The molecule has 28 heavy (non-hydrogen) atoms. The first-order valence-electron chi connectivity index (χ1n) is 10.3. The van der Waals surface area contributed by atoms with E-state index in [1.165, 1.54) is 23.2 Å². The highest BCUT2D eigenvalue weighted by molar-refractivity contribution is 7.89. The second kappa shape index (κ2) is 9.85. The highest BCUT2D eigenvalue weighted by Gasteiger charge is 2.25. The number of benzene rings is 1. The number of aryl methyl sites for hydroxylation is 1. The summed E-state index contributed by atoms with van der Waals surface area (Å²) in [5.41, 5.74) is 1.04. The molecule has 1 N–H and O–H groups in total. The Morgan fingerprint density at radius 3 is 2.43 bits per heavy atom. The molecule has 0 bridgehead atoms. The van der Waals surface area contributed by atoms with Crippen LogP contribution in [0.25, 0.3) is 0 Å². The average Bonchev–Trinajstić information content (AvgIpc) is 2.67. The first-order valence-corrected chi connectivity index (χ1v) is 11.8. The van der Waals surface area contributed by atoms with Crippen LogP contribution in [-0.2, 0) is 10.0 Å². The summed E-state index contributed by atoms with van der Waals surface area (Å²) in [5, 5.41) is 2.97. The van der Waals surface area contributed by atoms with Gasteiger partial charge in [0.15, 0.2) is 0 Å². The summed E-state index contributed by atoms with van der Waals surface area (Å²) >= 11 is 0. The van der Waals surface area contributed by atoms with Gasteiger partial charge in [-0.05, 0) is 63.4 Å². The second-order valence-electron chi connectivity index (χ2n) is 7.85.